The van der Waals surface area contributed by atoms with Crippen LogP contribution in [0.15, 0.2) is 24.3 Å². The van der Waals surface area contributed by atoms with Crippen molar-refractivity contribution in [3.05, 3.63) is 35.1 Å². The summed E-state index contributed by atoms with van der Waals surface area (Å²) in [5.74, 6) is 1.29. The first-order valence-corrected chi connectivity index (χ1v) is 4.77. The van der Waals surface area contributed by atoms with E-state index in [-0.39, 0.29) is 5.95 Å². The second-order valence-electron chi connectivity index (χ2n) is 3.04. The summed E-state index contributed by atoms with van der Waals surface area (Å²) in [6.45, 7) is 1.76. The third kappa shape index (κ3) is 2.05. The molecule has 2 aromatic rings. The van der Waals surface area contributed by atoms with Crippen LogP contribution in [-0.4, -0.2) is 15.0 Å². The summed E-state index contributed by atoms with van der Waals surface area (Å²) in [7, 11) is 0. The van der Waals surface area contributed by atoms with Crippen molar-refractivity contribution in [1.82, 2.24) is 15.0 Å². The maximum atomic E-state index is 6.02. The molecule has 0 aliphatic carbocycles. The van der Waals surface area contributed by atoms with Gasteiger partial charge in [0.2, 0.25) is 5.95 Å². The van der Waals surface area contributed by atoms with Gasteiger partial charge in [0.25, 0.3) is 0 Å². The second-order valence-corrected chi connectivity index (χ2v) is 3.45. The molecular formula is C10H9ClN4. The van der Waals surface area contributed by atoms with E-state index in [0.717, 1.165) is 5.56 Å². The van der Waals surface area contributed by atoms with E-state index in [1.807, 2.05) is 18.2 Å². The Morgan fingerprint density at radius 2 is 1.87 bits per heavy atom. The van der Waals surface area contributed by atoms with Gasteiger partial charge in [0.05, 0.1) is 5.02 Å². The largest absolute Gasteiger partial charge is 0.368 e. The van der Waals surface area contributed by atoms with Crippen LogP contribution in [0, 0.1) is 6.92 Å². The number of halogens is 1. The second kappa shape index (κ2) is 3.82. The van der Waals surface area contributed by atoms with E-state index in [1.54, 1.807) is 13.0 Å². The molecule has 0 amide bonds. The number of hydrogen-bond acceptors (Lipinski definition) is 4. The summed E-state index contributed by atoms with van der Waals surface area (Å²) < 4.78 is 0. The minimum absolute atomic E-state index is 0.206. The zero-order valence-corrected chi connectivity index (χ0v) is 8.86. The van der Waals surface area contributed by atoms with Gasteiger partial charge in [0.1, 0.15) is 5.82 Å². The van der Waals surface area contributed by atoms with Crippen molar-refractivity contribution < 1.29 is 0 Å². The lowest BCUT2D eigenvalue weighted by molar-refractivity contribution is 0.997. The lowest BCUT2D eigenvalue weighted by atomic mass is 10.2. The van der Waals surface area contributed by atoms with Gasteiger partial charge in [-0.3, -0.25) is 0 Å². The molecule has 76 valence electrons. The fourth-order valence-electron chi connectivity index (χ4n) is 1.27. The maximum Gasteiger partial charge on any atom is 0.223 e. The first kappa shape index (κ1) is 9.86. The molecule has 0 radical (unpaired) electrons. The molecule has 0 aliphatic heterocycles. The third-order valence-electron chi connectivity index (χ3n) is 1.88. The van der Waals surface area contributed by atoms with Crippen molar-refractivity contribution in [1.29, 1.82) is 0 Å². The first-order valence-electron chi connectivity index (χ1n) is 4.40. The Hall–Kier alpha value is -1.68. The summed E-state index contributed by atoms with van der Waals surface area (Å²) >= 11 is 6.02. The number of benzene rings is 1. The average molecular weight is 221 g/mol. The van der Waals surface area contributed by atoms with Crippen LogP contribution in [0.1, 0.15) is 5.82 Å². The number of rotatable bonds is 1. The molecule has 0 bridgehead atoms. The molecule has 5 heteroatoms. The Labute approximate surface area is 92.2 Å². The molecule has 4 nitrogen and oxygen atoms in total. The molecule has 0 saturated heterocycles. The maximum absolute atomic E-state index is 6.02. The Kier molecular flexibility index (Phi) is 2.51. The van der Waals surface area contributed by atoms with Crippen molar-refractivity contribution in [2.75, 3.05) is 5.73 Å². The van der Waals surface area contributed by atoms with Gasteiger partial charge in [-0.05, 0) is 19.1 Å². The van der Waals surface area contributed by atoms with Gasteiger partial charge >= 0.3 is 0 Å². The fraction of sp³-hybridized carbons (Fsp3) is 0.100. The number of aryl methyl sites for hydroxylation is 1. The van der Waals surface area contributed by atoms with Gasteiger partial charge in [-0.25, -0.2) is 4.98 Å². The zero-order valence-electron chi connectivity index (χ0n) is 8.11. The van der Waals surface area contributed by atoms with Crippen LogP contribution in [-0.2, 0) is 0 Å². The van der Waals surface area contributed by atoms with Crippen LogP contribution >= 0.6 is 11.6 Å². The molecule has 1 heterocycles. The van der Waals surface area contributed by atoms with Crippen LogP contribution in [0.25, 0.3) is 11.4 Å². The summed E-state index contributed by atoms with van der Waals surface area (Å²) in [5.41, 5.74) is 6.30. The third-order valence-corrected chi connectivity index (χ3v) is 2.21. The molecule has 0 atom stereocenters. The van der Waals surface area contributed by atoms with Crippen molar-refractivity contribution in [2.24, 2.45) is 0 Å². The fourth-order valence-corrected chi connectivity index (χ4v) is 1.49. The Morgan fingerprint density at radius 1 is 1.13 bits per heavy atom. The Balaban J connectivity index is 2.59. The van der Waals surface area contributed by atoms with Crippen molar-refractivity contribution >= 4 is 17.5 Å². The minimum Gasteiger partial charge on any atom is -0.368 e. The topological polar surface area (TPSA) is 64.7 Å². The van der Waals surface area contributed by atoms with E-state index in [0.29, 0.717) is 16.7 Å². The zero-order chi connectivity index (χ0) is 10.8. The van der Waals surface area contributed by atoms with E-state index in [9.17, 15) is 0 Å². The highest BCUT2D eigenvalue weighted by Crippen LogP contribution is 2.24. The minimum atomic E-state index is 0.206. The molecule has 15 heavy (non-hydrogen) atoms. The molecule has 0 fully saturated rings. The van der Waals surface area contributed by atoms with Gasteiger partial charge in [-0.15, -0.1) is 0 Å². The first-order chi connectivity index (χ1) is 7.16. The average Bonchev–Trinajstić information content (AvgIpc) is 2.16. The number of hydrogen-bond donors (Lipinski definition) is 1. The van der Waals surface area contributed by atoms with Gasteiger partial charge < -0.3 is 5.73 Å². The smallest absolute Gasteiger partial charge is 0.223 e. The van der Waals surface area contributed by atoms with Crippen LogP contribution in [0.2, 0.25) is 5.02 Å². The molecule has 0 aliphatic rings. The van der Waals surface area contributed by atoms with Gasteiger partial charge in [0.15, 0.2) is 5.82 Å². The molecule has 2 rings (SSSR count). The van der Waals surface area contributed by atoms with E-state index >= 15 is 0 Å². The Morgan fingerprint density at radius 3 is 2.53 bits per heavy atom. The van der Waals surface area contributed by atoms with Crippen LogP contribution < -0.4 is 5.73 Å². The van der Waals surface area contributed by atoms with Crippen molar-refractivity contribution in [3.8, 4) is 11.4 Å². The van der Waals surface area contributed by atoms with Crippen LogP contribution in [0.4, 0.5) is 5.95 Å². The highest BCUT2D eigenvalue weighted by atomic mass is 35.5. The standard InChI is InChI=1S/C10H9ClN4/c1-6-13-9(15-10(12)14-6)7-4-2-3-5-8(7)11/h2-5H,1H3,(H2,12,13,14,15). The number of nitrogens with zero attached hydrogens (tertiary/aromatic N) is 3. The highest BCUT2D eigenvalue weighted by Gasteiger charge is 2.07. The molecule has 1 aromatic heterocycles. The predicted octanol–water partition coefficient (Wildman–Crippen LogP) is 2.08. The number of nitrogen functional groups attached to an aromatic ring is 1. The molecule has 0 spiro atoms. The normalized spacial score (nSPS) is 10.3. The summed E-state index contributed by atoms with van der Waals surface area (Å²) in [6.07, 6.45) is 0. The summed E-state index contributed by atoms with van der Waals surface area (Å²) in [6, 6.07) is 7.35. The van der Waals surface area contributed by atoms with Crippen LogP contribution in [0.3, 0.4) is 0 Å². The van der Waals surface area contributed by atoms with Crippen molar-refractivity contribution in [2.45, 2.75) is 6.92 Å². The quantitative estimate of drug-likeness (QED) is 0.799. The summed E-state index contributed by atoms with van der Waals surface area (Å²) in [5, 5.41) is 0.600. The lowest BCUT2D eigenvalue weighted by Crippen LogP contribution is -2.02. The van der Waals surface area contributed by atoms with E-state index in [1.165, 1.54) is 0 Å². The van der Waals surface area contributed by atoms with E-state index in [2.05, 4.69) is 15.0 Å². The molecule has 2 N–H and O–H groups in total. The number of nitrogens with two attached hydrogens (primary N) is 1. The number of anilines is 1. The molecular weight excluding hydrogens is 212 g/mol. The van der Waals surface area contributed by atoms with Crippen LogP contribution in [0.5, 0.6) is 0 Å². The Bertz CT molecular complexity index is 478. The molecule has 0 unspecified atom stereocenters. The van der Waals surface area contributed by atoms with Gasteiger partial charge in [-0.2, -0.15) is 9.97 Å². The monoisotopic (exact) mass is 220 g/mol. The lowest BCUT2D eigenvalue weighted by Gasteiger charge is -2.03. The molecule has 0 saturated carbocycles. The van der Waals surface area contributed by atoms with E-state index in [4.69, 9.17) is 17.3 Å². The van der Waals surface area contributed by atoms with E-state index < -0.39 is 0 Å². The predicted molar refractivity (Wildman–Crippen MR) is 59.4 cm³/mol. The van der Waals surface area contributed by atoms with Gasteiger partial charge in [0, 0.05) is 5.56 Å². The van der Waals surface area contributed by atoms with Crippen molar-refractivity contribution in [3.63, 3.8) is 0 Å². The summed E-state index contributed by atoms with van der Waals surface area (Å²) in [4.78, 5) is 12.1. The SMILES string of the molecule is Cc1nc(N)nc(-c2ccccc2Cl)n1. The molecule has 1 aromatic carbocycles. The van der Waals surface area contributed by atoms with Gasteiger partial charge in [-0.1, -0.05) is 23.7 Å². The number of aromatic nitrogens is 3. The highest BCUT2D eigenvalue weighted by molar-refractivity contribution is 6.33.